The Morgan fingerprint density at radius 3 is 2.57 bits per heavy atom. The summed E-state index contributed by atoms with van der Waals surface area (Å²) < 4.78 is 6.31. The van der Waals surface area contributed by atoms with E-state index in [1.807, 2.05) is 31.3 Å². The summed E-state index contributed by atoms with van der Waals surface area (Å²) in [5, 5.41) is 6.79. The highest BCUT2D eigenvalue weighted by atomic mass is 127. The zero-order valence-corrected chi connectivity index (χ0v) is 20.8. The van der Waals surface area contributed by atoms with Gasteiger partial charge in [-0.2, -0.15) is 0 Å². The van der Waals surface area contributed by atoms with Crippen molar-refractivity contribution in [2.75, 3.05) is 26.0 Å². The number of aryl methyl sites for hydroxylation is 1. The summed E-state index contributed by atoms with van der Waals surface area (Å²) in [5.41, 5.74) is 3.54. The van der Waals surface area contributed by atoms with Gasteiger partial charge < -0.3 is 20.3 Å². The Hall–Kier alpha value is -2.03. The van der Waals surface area contributed by atoms with Crippen LogP contribution < -0.4 is 20.3 Å². The van der Waals surface area contributed by atoms with Crippen molar-refractivity contribution in [3.05, 3.63) is 53.2 Å². The molecular weight excluding hydrogens is 489 g/mol. The highest BCUT2D eigenvalue weighted by molar-refractivity contribution is 14.0. The van der Waals surface area contributed by atoms with Gasteiger partial charge in [-0.15, -0.1) is 24.0 Å². The van der Waals surface area contributed by atoms with E-state index in [1.54, 1.807) is 7.05 Å². The quantitative estimate of drug-likeness (QED) is 0.323. The molecule has 0 saturated heterocycles. The van der Waals surface area contributed by atoms with E-state index in [-0.39, 0.29) is 24.0 Å². The van der Waals surface area contributed by atoms with Gasteiger partial charge in [-0.3, -0.25) is 4.99 Å². The average Bonchev–Trinajstić information content (AvgIpc) is 3.22. The number of nitrogens with one attached hydrogen (secondary N) is 2. The van der Waals surface area contributed by atoms with Crippen LogP contribution in [-0.2, 0) is 13.1 Å². The highest BCUT2D eigenvalue weighted by Crippen LogP contribution is 2.27. The number of hydrogen-bond donors (Lipinski definition) is 2. The van der Waals surface area contributed by atoms with Crippen LogP contribution in [0.3, 0.4) is 0 Å². The minimum atomic E-state index is 0. The number of hydrogen-bond acceptors (Lipinski definition) is 4. The van der Waals surface area contributed by atoms with Crippen molar-refractivity contribution in [1.29, 1.82) is 0 Å². The maximum absolute atomic E-state index is 6.31. The van der Waals surface area contributed by atoms with E-state index in [1.165, 1.54) is 18.4 Å². The molecule has 30 heavy (non-hydrogen) atoms. The molecule has 1 saturated carbocycles. The van der Waals surface area contributed by atoms with Crippen LogP contribution >= 0.6 is 24.0 Å². The molecule has 0 spiro atoms. The van der Waals surface area contributed by atoms with Crippen molar-refractivity contribution < 1.29 is 4.74 Å². The van der Waals surface area contributed by atoms with Crippen molar-refractivity contribution in [2.24, 2.45) is 4.99 Å². The molecule has 1 aliphatic carbocycles. The maximum atomic E-state index is 6.31. The van der Waals surface area contributed by atoms with E-state index in [0.717, 1.165) is 41.5 Å². The molecule has 0 amide bonds. The summed E-state index contributed by atoms with van der Waals surface area (Å²) >= 11 is 0. The highest BCUT2D eigenvalue weighted by Gasteiger charge is 2.18. The smallest absolute Gasteiger partial charge is 0.191 e. The van der Waals surface area contributed by atoms with E-state index in [0.29, 0.717) is 19.2 Å². The van der Waals surface area contributed by atoms with Gasteiger partial charge in [0, 0.05) is 46.0 Å². The molecule has 2 N–H and O–H groups in total. The third-order valence-corrected chi connectivity index (χ3v) is 5.22. The van der Waals surface area contributed by atoms with Gasteiger partial charge in [0.05, 0.1) is 6.10 Å². The maximum Gasteiger partial charge on any atom is 0.191 e. The SMILES string of the molecule is CN=C(NCc1ccnc(N(C)C)c1)NCc1ccc(C)cc1OC1CCCC1.I. The van der Waals surface area contributed by atoms with Crippen molar-refractivity contribution in [3.8, 4) is 5.75 Å². The number of anilines is 1. The van der Waals surface area contributed by atoms with Gasteiger partial charge in [0.15, 0.2) is 5.96 Å². The van der Waals surface area contributed by atoms with Crippen LogP contribution in [0.1, 0.15) is 42.4 Å². The summed E-state index contributed by atoms with van der Waals surface area (Å²) in [4.78, 5) is 10.7. The molecule has 2 aromatic rings. The number of benzene rings is 1. The number of halogens is 1. The predicted octanol–water partition coefficient (Wildman–Crippen LogP) is 4.26. The Bertz CT molecular complexity index is 834. The second kappa shape index (κ2) is 12.0. The Morgan fingerprint density at radius 1 is 1.13 bits per heavy atom. The van der Waals surface area contributed by atoms with Crippen molar-refractivity contribution in [1.82, 2.24) is 15.6 Å². The van der Waals surface area contributed by atoms with E-state index >= 15 is 0 Å². The second-order valence-electron chi connectivity index (χ2n) is 7.83. The molecule has 164 valence electrons. The number of aliphatic imine (C=N–C) groups is 1. The molecule has 7 heteroatoms. The third kappa shape index (κ3) is 7.04. The van der Waals surface area contributed by atoms with Gasteiger partial charge in [-0.25, -0.2) is 4.98 Å². The summed E-state index contributed by atoms with van der Waals surface area (Å²) in [7, 11) is 5.78. The topological polar surface area (TPSA) is 61.8 Å². The van der Waals surface area contributed by atoms with E-state index < -0.39 is 0 Å². The average molecular weight is 523 g/mol. The second-order valence-corrected chi connectivity index (χ2v) is 7.83. The number of aromatic nitrogens is 1. The first-order chi connectivity index (χ1) is 14.0. The normalized spacial score (nSPS) is 14.2. The molecule has 1 heterocycles. The van der Waals surface area contributed by atoms with Gasteiger partial charge in [0.1, 0.15) is 11.6 Å². The fourth-order valence-electron chi connectivity index (χ4n) is 3.50. The number of nitrogens with zero attached hydrogens (tertiary/aromatic N) is 3. The number of guanidine groups is 1. The zero-order valence-electron chi connectivity index (χ0n) is 18.4. The molecule has 0 atom stereocenters. The number of ether oxygens (including phenoxy) is 1. The van der Waals surface area contributed by atoms with Gasteiger partial charge in [-0.1, -0.05) is 12.1 Å². The standard InChI is InChI=1S/C23H33N5O.HI/c1-17-9-10-19(21(13-17)29-20-7-5-6-8-20)16-27-23(24-2)26-15-18-11-12-25-22(14-18)28(3)4;/h9-14,20H,5-8,15-16H2,1-4H3,(H2,24,26,27);1H. The molecule has 0 bridgehead atoms. The summed E-state index contributed by atoms with van der Waals surface area (Å²) in [6.45, 7) is 3.46. The van der Waals surface area contributed by atoms with E-state index in [9.17, 15) is 0 Å². The zero-order chi connectivity index (χ0) is 20.6. The van der Waals surface area contributed by atoms with E-state index in [2.05, 4.69) is 51.8 Å². The van der Waals surface area contributed by atoms with Gasteiger partial charge in [0.25, 0.3) is 0 Å². The molecule has 0 radical (unpaired) electrons. The molecule has 1 fully saturated rings. The molecule has 1 aromatic heterocycles. The first kappa shape index (κ1) is 24.2. The molecule has 1 aliphatic rings. The lowest BCUT2D eigenvalue weighted by atomic mass is 10.1. The summed E-state index contributed by atoms with van der Waals surface area (Å²) in [6.07, 6.45) is 7.04. The fraction of sp³-hybridized carbons (Fsp3) is 0.478. The van der Waals surface area contributed by atoms with Crippen molar-refractivity contribution in [3.63, 3.8) is 0 Å². The Labute approximate surface area is 197 Å². The van der Waals surface area contributed by atoms with Crippen LogP contribution in [0.4, 0.5) is 5.82 Å². The molecule has 0 aliphatic heterocycles. The van der Waals surface area contributed by atoms with Crippen LogP contribution in [0, 0.1) is 6.92 Å². The Balaban J connectivity index is 0.00000320. The molecule has 1 aromatic carbocycles. The molecular formula is C23H34IN5O. The minimum absolute atomic E-state index is 0. The predicted molar refractivity (Wildman–Crippen MR) is 135 cm³/mol. The molecule has 0 unspecified atom stereocenters. The van der Waals surface area contributed by atoms with Crippen LogP contribution in [0.5, 0.6) is 5.75 Å². The van der Waals surface area contributed by atoms with Crippen molar-refractivity contribution in [2.45, 2.75) is 51.8 Å². The Morgan fingerprint density at radius 2 is 1.87 bits per heavy atom. The minimum Gasteiger partial charge on any atom is -0.490 e. The lowest BCUT2D eigenvalue weighted by Gasteiger charge is -2.19. The van der Waals surface area contributed by atoms with Crippen LogP contribution in [0.25, 0.3) is 0 Å². The van der Waals surface area contributed by atoms with Gasteiger partial charge in [0.2, 0.25) is 0 Å². The van der Waals surface area contributed by atoms with Crippen molar-refractivity contribution >= 4 is 35.8 Å². The van der Waals surface area contributed by atoms with Crippen LogP contribution in [0.2, 0.25) is 0 Å². The monoisotopic (exact) mass is 523 g/mol. The van der Waals surface area contributed by atoms with Gasteiger partial charge in [-0.05, 0) is 61.9 Å². The fourth-order valence-corrected chi connectivity index (χ4v) is 3.50. The van der Waals surface area contributed by atoms with Crippen LogP contribution in [-0.4, -0.2) is 38.2 Å². The summed E-state index contributed by atoms with van der Waals surface area (Å²) in [6, 6.07) is 10.5. The molecule has 6 nitrogen and oxygen atoms in total. The molecule has 3 rings (SSSR count). The number of pyridine rings is 1. The lowest BCUT2D eigenvalue weighted by molar-refractivity contribution is 0.207. The first-order valence-corrected chi connectivity index (χ1v) is 10.4. The Kier molecular flexibility index (Phi) is 9.68. The number of rotatable bonds is 7. The first-order valence-electron chi connectivity index (χ1n) is 10.4. The van der Waals surface area contributed by atoms with E-state index in [4.69, 9.17) is 4.74 Å². The van der Waals surface area contributed by atoms with Crippen LogP contribution in [0.15, 0.2) is 41.5 Å². The lowest BCUT2D eigenvalue weighted by Crippen LogP contribution is -2.36. The largest absolute Gasteiger partial charge is 0.490 e. The summed E-state index contributed by atoms with van der Waals surface area (Å²) in [5.74, 6) is 2.70. The third-order valence-electron chi connectivity index (χ3n) is 5.22. The van der Waals surface area contributed by atoms with Gasteiger partial charge >= 0.3 is 0 Å².